The highest BCUT2D eigenvalue weighted by molar-refractivity contribution is 5.71. The van der Waals surface area contributed by atoms with Gasteiger partial charge in [0.05, 0.1) is 0 Å². The summed E-state index contributed by atoms with van der Waals surface area (Å²) in [5.74, 6) is -0.966. The highest BCUT2D eigenvalue weighted by Crippen LogP contribution is 2.14. The van der Waals surface area contributed by atoms with Crippen molar-refractivity contribution in [3.8, 4) is 0 Å². The zero-order valence-corrected chi connectivity index (χ0v) is 40.2. The summed E-state index contributed by atoms with van der Waals surface area (Å²) in [6, 6.07) is 0. The van der Waals surface area contributed by atoms with E-state index in [1.165, 1.54) is 128 Å². The highest BCUT2D eigenvalue weighted by atomic mass is 16.6. The molecule has 0 aromatic heterocycles. The summed E-state index contributed by atoms with van der Waals surface area (Å²) >= 11 is 0. The van der Waals surface area contributed by atoms with E-state index in [0.29, 0.717) is 19.3 Å². The summed E-state index contributed by atoms with van der Waals surface area (Å²) in [6.07, 6.45) is 60.6. The van der Waals surface area contributed by atoms with Gasteiger partial charge in [0.15, 0.2) is 6.10 Å². The van der Waals surface area contributed by atoms with Crippen molar-refractivity contribution >= 4 is 17.9 Å². The molecule has 0 aromatic carbocycles. The SMILES string of the molecule is CCCCC/C=C\C/C=C\C/C=C\C/C=C\CCCC(=O)OCC(COC(=O)CCCCCCCCCCCCCC)OC(=O)CCCCC/C=C\CCCCCCCCC. The van der Waals surface area contributed by atoms with Gasteiger partial charge in [-0.2, -0.15) is 0 Å². The van der Waals surface area contributed by atoms with Crippen LogP contribution in [-0.4, -0.2) is 37.2 Å². The van der Waals surface area contributed by atoms with E-state index in [4.69, 9.17) is 14.2 Å². The molecule has 0 heterocycles. The van der Waals surface area contributed by atoms with Gasteiger partial charge in [-0.05, 0) is 83.5 Å². The van der Waals surface area contributed by atoms with Crippen LogP contribution in [0.4, 0.5) is 0 Å². The molecule has 6 heteroatoms. The smallest absolute Gasteiger partial charge is 0.306 e. The van der Waals surface area contributed by atoms with Crippen LogP contribution >= 0.6 is 0 Å². The van der Waals surface area contributed by atoms with Crippen LogP contribution in [0.15, 0.2) is 60.8 Å². The van der Waals surface area contributed by atoms with Crippen LogP contribution in [0.5, 0.6) is 0 Å². The van der Waals surface area contributed by atoms with E-state index < -0.39 is 6.10 Å². The van der Waals surface area contributed by atoms with Gasteiger partial charge in [-0.25, -0.2) is 0 Å². The molecular weight excluding hydrogens is 757 g/mol. The normalized spacial score (nSPS) is 12.5. The quantitative estimate of drug-likeness (QED) is 0.0263. The van der Waals surface area contributed by atoms with Crippen molar-refractivity contribution in [1.29, 1.82) is 0 Å². The van der Waals surface area contributed by atoms with Gasteiger partial charge in [0.1, 0.15) is 13.2 Å². The number of carbonyl (C=O) groups is 3. The molecule has 6 nitrogen and oxygen atoms in total. The Morgan fingerprint density at radius 3 is 1.05 bits per heavy atom. The van der Waals surface area contributed by atoms with Crippen molar-refractivity contribution in [2.45, 2.75) is 258 Å². The number of esters is 3. The predicted molar refractivity (Wildman–Crippen MR) is 261 cm³/mol. The fourth-order valence-corrected chi connectivity index (χ4v) is 7.08. The first kappa shape index (κ1) is 58.1. The highest BCUT2D eigenvalue weighted by Gasteiger charge is 2.19. The molecule has 61 heavy (non-hydrogen) atoms. The molecule has 0 aliphatic rings. The van der Waals surface area contributed by atoms with Crippen molar-refractivity contribution in [3.05, 3.63) is 60.8 Å². The molecule has 1 atom stereocenters. The van der Waals surface area contributed by atoms with E-state index in [-0.39, 0.29) is 37.5 Å². The Bertz CT molecular complexity index is 1120. The number of hydrogen-bond donors (Lipinski definition) is 0. The molecule has 0 amide bonds. The van der Waals surface area contributed by atoms with Gasteiger partial charge in [0.25, 0.3) is 0 Å². The van der Waals surface area contributed by atoms with Gasteiger partial charge >= 0.3 is 17.9 Å². The van der Waals surface area contributed by atoms with Crippen LogP contribution in [0.2, 0.25) is 0 Å². The molecular formula is C55H96O6. The minimum atomic E-state index is -0.800. The fraction of sp³-hybridized carbons (Fsp3) is 0.764. The van der Waals surface area contributed by atoms with Crippen molar-refractivity contribution < 1.29 is 28.6 Å². The van der Waals surface area contributed by atoms with Gasteiger partial charge in [-0.3, -0.25) is 14.4 Å². The second-order valence-electron chi connectivity index (χ2n) is 17.1. The molecule has 0 radical (unpaired) electrons. The third kappa shape index (κ3) is 48.0. The Kier molecular flexibility index (Phi) is 47.4. The molecule has 352 valence electrons. The number of unbranched alkanes of at least 4 members (excludes halogenated alkanes) is 25. The average Bonchev–Trinajstić information content (AvgIpc) is 3.26. The maximum Gasteiger partial charge on any atom is 0.306 e. The first-order valence-corrected chi connectivity index (χ1v) is 25.8. The van der Waals surface area contributed by atoms with E-state index in [9.17, 15) is 14.4 Å². The monoisotopic (exact) mass is 853 g/mol. The number of carbonyl (C=O) groups excluding carboxylic acids is 3. The largest absolute Gasteiger partial charge is 0.462 e. The average molecular weight is 853 g/mol. The summed E-state index contributed by atoms with van der Waals surface area (Å²) in [5.41, 5.74) is 0. The predicted octanol–water partition coefficient (Wildman–Crippen LogP) is 16.9. The second-order valence-corrected chi connectivity index (χ2v) is 17.1. The van der Waals surface area contributed by atoms with E-state index in [0.717, 1.165) is 77.0 Å². The molecule has 0 saturated heterocycles. The zero-order chi connectivity index (χ0) is 44.4. The van der Waals surface area contributed by atoms with Crippen LogP contribution in [-0.2, 0) is 28.6 Å². The topological polar surface area (TPSA) is 78.9 Å². The van der Waals surface area contributed by atoms with Gasteiger partial charge in [0.2, 0.25) is 0 Å². The number of hydrogen-bond acceptors (Lipinski definition) is 6. The summed E-state index contributed by atoms with van der Waals surface area (Å²) in [7, 11) is 0. The first-order valence-electron chi connectivity index (χ1n) is 25.8. The van der Waals surface area contributed by atoms with Crippen LogP contribution < -0.4 is 0 Å². The fourth-order valence-electron chi connectivity index (χ4n) is 7.08. The van der Waals surface area contributed by atoms with E-state index in [1.54, 1.807) is 0 Å². The number of rotatable bonds is 46. The zero-order valence-electron chi connectivity index (χ0n) is 40.2. The Balaban J connectivity index is 4.47. The Hall–Kier alpha value is -2.89. The van der Waals surface area contributed by atoms with Gasteiger partial charge in [-0.15, -0.1) is 0 Å². The van der Waals surface area contributed by atoms with Gasteiger partial charge in [-0.1, -0.05) is 210 Å². The molecule has 1 unspecified atom stereocenters. The lowest BCUT2D eigenvalue weighted by molar-refractivity contribution is -0.167. The Morgan fingerprint density at radius 2 is 0.607 bits per heavy atom. The van der Waals surface area contributed by atoms with Crippen LogP contribution in [0, 0.1) is 0 Å². The summed E-state index contributed by atoms with van der Waals surface area (Å²) < 4.78 is 16.7. The van der Waals surface area contributed by atoms with Crippen LogP contribution in [0.3, 0.4) is 0 Å². The number of allylic oxidation sites excluding steroid dienone is 10. The minimum absolute atomic E-state index is 0.0954. The molecule has 0 fully saturated rings. The van der Waals surface area contributed by atoms with Crippen molar-refractivity contribution in [3.63, 3.8) is 0 Å². The maximum absolute atomic E-state index is 12.8. The van der Waals surface area contributed by atoms with Crippen LogP contribution in [0.25, 0.3) is 0 Å². The second kappa shape index (κ2) is 49.8. The molecule has 0 saturated carbocycles. The van der Waals surface area contributed by atoms with Crippen LogP contribution in [0.1, 0.15) is 252 Å². The van der Waals surface area contributed by atoms with E-state index in [1.807, 2.05) is 0 Å². The van der Waals surface area contributed by atoms with Gasteiger partial charge < -0.3 is 14.2 Å². The van der Waals surface area contributed by atoms with Crippen molar-refractivity contribution in [2.75, 3.05) is 13.2 Å². The third-order valence-electron chi connectivity index (χ3n) is 11.0. The lowest BCUT2D eigenvalue weighted by Crippen LogP contribution is -2.30. The van der Waals surface area contributed by atoms with E-state index in [2.05, 4.69) is 81.5 Å². The lowest BCUT2D eigenvalue weighted by Gasteiger charge is -2.18. The first-order chi connectivity index (χ1) is 30.0. The van der Waals surface area contributed by atoms with Crippen molar-refractivity contribution in [1.82, 2.24) is 0 Å². The van der Waals surface area contributed by atoms with Crippen molar-refractivity contribution in [2.24, 2.45) is 0 Å². The summed E-state index contributed by atoms with van der Waals surface area (Å²) in [5, 5.41) is 0. The van der Waals surface area contributed by atoms with Gasteiger partial charge in [0, 0.05) is 19.3 Å². The molecule has 0 aromatic rings. The molecule has 0 N–H and O–H groups in total. The Labute approximate surface area is 377 Å². The molecule has 0 spiro atoms. The minimum Gasteiger partial charge on any atom is -0.462 e. The number of ether oxygens (including phenoxy) is 3. The third-order valence-corrected chi connectivity index (χ3v) is 11.0. The standard InChI is InChI=1S/C55H96O6/c1-4-7-10-13-16-19-22-25-27-28-29-31-33-36-39-42-45-48-54(57)60-51-52(50-59-53(56)47-44-41-38-35-32-24-21-18-15-12-9-6-3)61-55(58)49-46-43-40-37-34-30-26-23-20-17-14-11-8-5-2/h16,19,25,27,29-31,34,36,39,52H,4-15,17-18,20-24,26,28,32-33,35,37-38,40-51H2,1-3H3/b19-16-,27-25-,31-29-,34-30-,39-36-. The summed E-state index contributed by atoms with van der Waals surface area (Å²) in [6.45, 7) is 6.55. The molecule has 0 bridgehead atoms. The molecule has 0 aliphatic heterocycles. The molecule has 0 rings (SSSR count). The maximum atomic E-state index is 12.8. The van der Waals surface area contributed by atoms with E-state index >= 15 is 0 Å². The molecule has 0 aliphatic carbocycles. The lowest BCUT2D eigenvalue weighted by atomic mass is 10.0. The summed E-state index contributed by atoms with van der Waals surface area (Å²) in [4.78, 5) is 37.9. The Morgan fingerprint density at radius 1 is 0.328 bits per heavy atom.